The fraction of sp³-hybridized carbons (Fsp3) is 0.750. The van der Waals surface area contributed by atoms with Gasteiger partial charge in [-0.3, -0.25) is 10.1 Å². The van der Waals surface area contributed by atoms with Gasteiger partial charge in [-0.1, -0.05) is 30.8 Å². The van der Waals surface area contributed by atoms with Crippen LogP contribution in [-0.2, 0) is 11.3 Å². The lowest BCUT2D eigenvalue weighted by atomic mass is 10.00. The molecule has 0 aromatic carbocycles. The highest BCUT2D eigenvalue weighted by Crippen LogP contribution is 2.29. The van der Waals surface area contributed by atoms with Crippen molar-refractivity contribution in [3.05, 3.63) is 11.7 Å². The molecule has 2 rings (SSSR count). The summed E-state index contributed by atoms with van der Waals surface area (Å²) in [5.74, 6) is 1.38. The van der Waals surface area contributed by atoms with Gasteiger partial charge in [0, 0.05) is 5.92 Å². The standard InChI is InChI=1S/C12H20N4O2/c13-10(17)7-14-8-11-15-12(16-18-11)9-5-3-1-2-4-6-9/h9,14H,1-8H2,(H2,13,17). The molecular formula is C12H20N4O2. The Morgan fingerprint density at radius 3 is 2.72 bits per heavy atom. The third kappa shape index (κ3) is 3.80. The van der Waals surface area contributed by atoms with Crippen molar-refractivity contribution < 1.29 is 9.32 Å². The molecule has 1 aliphatic rings. The Kier molecular flexibility index (Phi) is 4.69. The number of aromatic nitrogens is 2. The largest absolute Gasteiger partial charge is 0.369 e. The van der Waals surface area contributed by atoms with Crippen molar-refractivity contribution >= 4 is 5.91 Å². The molecule has 100 valence electrons. The molecule has 1 aromatic rings. The molecule has 0 atom stereocenters. The second kappa shape index (κ2) is 6.49. The number of nitrogens with zero attached hydrogens (tertiary/aromatic N) is 2. The van der Waals surface area contributed by atoms with Crippen molar-refractivity contribution in [2.75, 3.05) is 6.54 Å². The molecule has 1 aliphatic carbocycles. The summed E-state index contributed by atoms with van der Waals surface area (Å²) in [7, 11) is 0. The second-order valence-corrected chi connectivity index (χ2v) is 4.80. The van der Waals surface area contributed by atoms with Gasteiger partial charge in [0.05, 0.1) is 13.1 Å². The van der Waals surface area contributed by atoms with Crippen molar-refractivity contribution in [3.63, 3.8) is 0 Å². The number of primary amides is 1. The predicted molar refractivity (Wildman–Crippen MR) is 65.6 cm³/mol. The zero-order valence-corrected chi connectivity index (χ0v) is 10.5. The molecule has 1 amide bonds. The fourth-order valence-electron chi connectivity index (χ4n) is 2.34. The minimum absolute atomic E-state index is 0.126. The van der Waals surface area contributed by atoms with E-state index in [1.807, 2.05) is 0 Å². The van der Waals surface area contributed by atoms with Crippen molar-refractivity contribution in [3.8, 4) is 0 Å². The molecule has 0 saturated heterocycles. The van der Waals surface area contributed by atoms with Crippen molar-refractivity contribution in [1.82, 2.24) is 15.5 Å². The molecule has 18 heavy (non-hydrogen) atoms. The van der Waals surface area contributed by atoms with E-state index in [2.05, 4.69) is 15.5 Å². The first-order valence-corrected chi connectivity index (χ1v) is 6.57. The molecule has 6 nitrogen and oxygen atoms in total. The quantitative estimate of drug-likeness (QED) is 0.765. The number of nitrogens with one attached hydrogen (secondary N) is 1. The van der Waals surface area contributed by atoms with Crippen LogP contribution in [0.1, 0.15) is 56.2 Å². The van der Waals surface area contributed by atoms with E-state index in [4.69, 9.17) is 10.3 Å². The van der Waals surface area contributed by atoms with Crippen molar-refractivity contribution in [1.29, 1.82) is 0 Å². The summed E-state index contributed by atoms with van der Waals surface area (Å²) in [5.41, 5.74) is 5.03. The summed E-state index contributed by atoms with van der Waals surface area (Å²) in [6, 6.07) is 0. The highest BCUT2D eigenvalue weighted by atomic mass is 16.5. The lowest BCUT2D eigenvalue weighted by Crippen LogP contribution is -2.28. The molecular weight excluding hydrogens is 232 g/mol. The number of amides is 1. The van der Waals surface area contributed by atoms with Crippen LogP contribution in [0.3, 0.4) is 0 Å². The van der Waals surface area contributed by atoms with E-state index in [1.54, 1.807) is 0 Å². The van der Waals surface area contributed by atoms with Gasteiger partial charge in [-0.2, -0.15) is 4.98 Å². The number of carbonyl (C=O) groups excluding carboxylic acids is 1. The van der Waals surface area contributed by atoms with E-state index in [-0.39, 0.29) is 6.54 Å². The number of hydrogen-bond acceptors (Lipinski definition) is 5. The topological polar surface area (TPSA) is 94.0 Å². The maximum absolute atomic E-state index is 10.6. The maximum Gasteiger partial charge on any atom is 0.240 e. The summed E-state index contributed by atoms with van der Waals surface area (Å²) in [6.45, 7) is 0.518. The molecule has 1 fully saturated rings. The second-order valence-electron chi connectivity index (χ2n) is 4.80. The fourth-order valence-corrected chi connectivity index (χ4v) is 2.34. The smallest absolute Gasteiger partial charge is 0.240 e. The Bertz CT molecular complexity index is 383. The number of nitrogens with two attached hydrogens (primary N) is 1. The van der Waals surface area contributed by atoms with Crippen LogP contribution < -0.4 is 11.1 Å². The first-order valence-electron chi connectivity index (χ1n) is 6.57. The third-order valence-corrected chi connectivity index (χ3v) is 3.28. The summed E-state index contributed by atoms with van der Waals surface area (Å²) < 4.78 is 5.16. The Hall–Kier alpha value is -1.43. The third-order valence-electron chi connectivity index (χ3n) is 3.28. The minimum Gasteiger partial charge on any atom is -0.369 e. The van der Waals surface area contributed by atoms with Gasteiger partial charge >= 0.3 is 0 Å². The molecule has 1 saturated carbocycles. The van der Waals surface area contributed by atoms with Crippen LogP contribution in [0, 0.1) is 0 Å². The van der Waals surface area contributed by atoms with Crippen LogP contribution in [0.25, 0.3) is 0 Å². The van der Waals surface area contributed by atoms with Gasteiger partial charge in [0.15, 0.2) is 5.82 Å². The van der Waals surface area contributed by atoms with Crippen LogP contribution in [0.4, 0.5) is 0 Å². The summed E-state index contributed by atoms with van der Waals surface area (Å²) in [5, 5.41) is 6.90. The average Bonchev–Trinajstić information content (AvgIpc) is 2.63. The van der Waals surface area contributed by atoms with Gasteiger partial charge in [-0.25, -0.2) is 0 Å². The Morgan fingerprint density at radius 1 is 1.33 bits per heavy atom. The maximum atomic E-state index is 10.6. The SMILES string of the molecule is NC(=O)CNCc1nc(C2CCCCCC2)no1. The molecule has 3 N–H and O–H groups in total. The van der Waals surface area contributed by atoms with Crippen molar-refractivity contribution in [2.45, 2.75) is 51.0 Å². The number of hydrogen-bond donors (Lipinski definition) is 2. The summed E-state index contributed by atoms with van der Waals surface area (Å²) in [6.07, 6.45) is 7.40. The van der Waals surface area contributed by atoms with Crippen LogP contribution in [0.2, 0.25) is 0 Å². The monoisotopic (exact) mass is 252 g/mol. The Labute approximate surface area is 106 Å². The number of carbonyl (C=O) groups is 1. The van der Waals surface area contributed by atoms with E-state index in [1.165, 1.54) is 25.7 Å². The van der Waals surface area contributed by atoms with Crippen LogP contribution in [-0.4, -0.2) is 22.6 Å². The Morgan fingerprint density at radius 2 is 2.06 bits per heavy atom. The van der Waals surface area contributed by atoms with E-state index in [9.17, 15) is 4.79 Å². The van der Waals surface area contributed by atoms with Crippen LogP contribution >= 0.6 is 0 Å². The van der Waals surface area contributed by atoms with Gasteiger partial charge in [0.25, 0.3) is 0 Å². The molecule has 1 aromatic heterocycles. The average molecular weight is 252 g/mol. The lowest BCUT2D eigenvalue weighted by Gasteiger charge is -2.07. The van der Waals surface area contributed by atoms with Crippen LogP contribution in [0.5, 0.6) is 0 Å². The highest BCUT2D eigenvalue weighted by Gasteiger charge is 2.19. The van der Waals surface area contributed by atoms with E-state index in [0.717, 1.165) is 18.7 Å². The van der Waals surface area contributed by atoms with Gasteiger partial charge in [0.1, 0.15) is 0 Å². The highest BCUT2D eigenvalue weighted by molar-refractivity contribution is 5.75. The normalized spacial score (nSPS) is 17.6. The minimum atomic E-state index is -0.390. The number of rotatable bonds is 5. The van der Waals surface area contributed by atoms with Crippen molar-refractivity contribution in [2.24, 2.45) is 5.73 Å². The Balaban J connectivity index is 1.86. The molecule has 0 spiro atoms. The van der Waals surface area contributed by atoms with Gasteiger partial charge in [-0.05, 0) is 12.8 Å². The summed E-state index contributed by atoms with van der Waals surface area (Å²) >= 11 is 0. The van der Waals surface area contributed by atoms with E-state index < -0.39 is 5.91 Å². The van der Waals surface area contributed by atoms with E-state index in [0.29, 0.717) is 18.4 Å². The molecule has 0 bridgehead atoms. The molecule has 1 heterocycles. The lowest BCUT2D eigenvalue weighted by molar-refractivity contribution is -0.117. The van der Waals surface area contributed by atoms with E-state index >= 15 is 0 Å². The predicted octanol–water partition coefficient (Wildman–Crippen LogP) is 1.08. The van der Waals surface area contributed by atoms with Gasteiger partial charge in [0.2, 0.25) is 11.8 Å². The van der Waals surface area contributed by atoms with Gasteiger partial charge in [-0.15, -0.1) is 0 Å². The molecule has 0 unspecified atom stereocenters. The van der Waals surface area contributed by atoms with Gasteiger partial charge < -0.3 is 10.3 Å². The molecule has 0 radical (unpaired) electrons. The zero-order valence-electron chi connectivity index (χ0n) is 10.5. The first kappa shape index (κ1) is 13.0. The molecule has 6 heteroatoms. The molecule has 0 aliphatic heterocycles. The zero-order chi connectivity index (χ0) is 12.8. The summed E-state index contributed by atoms with van der Waals surface area (Å²) in [4.78, 5) is 15.0. The van der Waals surface area contributed by atoms with Crippen LogP contribution in [0.15, 0.2) is 4.52 Å². The first-order chi connectivity index (χ1) is 8.75.